The molecule has 1 N–H and O–H groups in total. The van der Waals surface area contributed by atoms with Gasteiger partial charge in [0.25, 0.3) is 5.91 Å². The van der Waals surface area contributed by atoms with Crippen LogP contribution in [0.4, 0.5) is 0 Å². The van der Waals surface area contributed by atoms with Gasteiger partial charge in [0.2, 0.25) is 6.79 Å². The minimum atomic E-state index is -1.01. The summed E-state index contributed by atoms with van der Waals surface area (Å²) in [7, 11) is 0. The van der Waals surface area contributed by atoms with E-state index in [2.05, 4.69) is 15.9 Å². The van der Waals surface area contributed by atoms with E-state index in [0.717, 1.165) is 19.3 Å². The first-order chi connectivity index (χ1) is 10.1. The second kappa shape index (κ2) is 5.55. The molecule has 7 heteroatoms. The lowest BCUT2D eigenvalue weighted by Crippen LogP contribution is -2.46. The number of carbonyl (C=O) groups is 2. The minimum absolute atomic E-state index is 0.00548. The predicted molar refractivity (Wildman–Crippen MR) is 76.6 cm³/mol. The average Bonchev–Trinajstić information content (AvgIpc) is 2.80. The van der Waals surface area contributed by atoms with Crippen LogP contribution in [0.3, 0.4) is 0 Å². The summed E-state index contributed by atoms with van der Waals surface area (Å²) >= 11 is 3.34. The zero-order chi connectivity index (χ0) is 15.0. The van der Waals surface area contributed by atoms with Gasteiger partial charge >= 0.3 is 5.97 Å². The molecule has 3 rings (SSSR count). The summed E-state index contributed by atoms with van der Waals surface area (Å²) in [6.45, 7) is -0.161. The Balaban J connectivity index is 1.90. The SMILES string of the molecule is O=C(O)CN(C(=O)c1cc2c(cc1Br)OCO2)C1CCC1. The third kappa shape index (κ3) is 2.70. The van der Waals surface area contributed by atoms with Crippen molar-refractivity contribution in [1.29, 1.82) is 0 Å². The van der Waals surface area contributed by atoms with Crippen molar-refractivity contribution in [1.82, 2.24) is 4.90 Å². The van der Waals surface area contributed by atoms with E-state index in [1.54, 1.807) is 12.1 Å². The number of nitrogens with zero attached hydrogens (tertiary/aromatic N) is 1. The number of aliphatic carboxylic acids is 1. The fraction of sp³-hybridized carbons (Fsp3) is 0.429. The van der Waals surface area contributed by atoms with Gasteiger partial charge in [-0.25, -0.2) is 0 Å². The molecule has 1 amide bonds. The van der Waals surface area contributed by atoms with E-state index < -0.39 is 5.97 Å². The van der Waals surface area contributed by atoms with Crippen LogP contribution in [0, 0.1) is 0 Å². The number of carboxylic acids is 1. The van der Waals surface area contributed by atoms with Gasteiger partial charge in [-0.05, 0) is 47.3 Å². The van der Waals surface area contributed by atoms with Crippen LogP contribution in [0.15, 0.2) is 16.6 Å². The highest BCUT2D eigenvalue weighted by atomic mass is 79.9. The molecule has 21 heavy (non-hydrogen) atoms. The lowest BCUT2D eigenvalue weighted by molar-refractivity contribution is -0.138. The van der Waals surface area contributed by atoms with Gasteiger partial charge in [-0.1, -0.05) is 0 Å². The van der Waals surface area contributed by atoms with Gasteiger partial charge in [-0.2, -0.15) is 0 Å². The van der Waals surface area contributed by atoms with Crippen LogP contribution in [-0.2, 0) is 4.79 Å². The molecule has 1 aliphatic heterocycles. The largest absolute Gasteiger partial charge is 0.480 e. The maximum absolute atomic E-state index is 12.7. The Morgan fingerprint density at radius 1 is 1.29 bits per heavy atom. The monoisotopic (exact) mass is 355 g/mol. The molecule has 6 nitrogen and oxygen atoms in total. The Hall–Kier alpha value is -1.76. The third-order valence-electron chi connectivity index (χ3n) is 3.77. The van der Waals surface area contributed by atoms with E-state index in [0.29, 0.717) is 21.5 Å². The number of hydrogen-bond donors (Lipinski definition) is 1. The van der Waals surface area contributed by atoms with Crippen LogP contribution >= 0.6 is 15.9 Å². The van der Waals surface area contributed by atoms with Crippen LogP contribution in [-0.4, -0.2) is 41.3 Å². The van der Waals surface area contributed by atoms with Crippen LogP contribution in [0.25, 0.3) is 0 Å². The number of carboxylic acid groups (broad SMARTS) is 1. The number of rotatable bonds is 4. The Morgan fingerprint density at radius 3 is 2.52 bits per heavy atom. The smallest absolute Gasteiger partial charge is 0.323 e. The number of fused-ring (bicyclic) bond motifs is 1. The van der Waals surface area contributed by atoms with Crippen molar-refractivity contribution in [2.45, 2.75) is 25.3 Å². The first-order valence-electron chi connectivity index (χ1n) is 6.68. The maximum atomic E-state index is 12.7. The van der Waals surface area contributed by atoms with Crippen molar-refractivity contribution in [2.75, 3.05) is 13.3 Å². The molecule has 1 saturated carbocycles. The lowest BCUT2D eigenvalue weighted by atomic mass is 9.91. The summed E-state index contributed by atoms with van der Waals surface area (Å²) in [5, 5.41) is 9.02. The van der Waals surface area contributed by atoms with Crippen LogP contribution < -0.4 is 9.47 Å². The van der Waals surface area contributed by atoms with Crippen LogP contribution in [0.5, 0.6) is 11.5 Å². The molecule has 1 aliphatic carbocycles. The zero-order valence-corrected chi connectivity index (χ0v) is 12.8. The van der Waals surface area contributed by atoms with Crippen molar-refractivity contribution in [2.24, 2.45) is 0 Å². The molecule has 0 aromatic heterocycles. The highest BCUT2D eigenvalue weighted by Crippen LogP contribution is 2.38. The van der Waals surface area contributed by atoms with Gasteiger partial charge in [0, 0.05) is 10.5 Å². The molecule has 1 fully saturated rings. The fourth-order valence-electron chi connectivity index (χ4n) is 2.45. The molecule has 0 unspecified atom stereocenters. The quantitative estimate of drug-likeness (QED) is 0.896. The number of ether oxygens (including phenoxy) is 2. The highest BCUT2D eigenvalue weighted by Gasteiger charge is 2.32. The maximum Gasteiger partial charge on any atom is 0.323 e. The molecule has 0 bridgehead atoms. The Labute approximate surface area is 129 Å². The molecular weight excluding hydrogens is 342 g/mol. The summed E-state index contributed by atoms with van der Waals surface area (Å²) in [5.41, 5.74) is 0.396. The van der Waals surface area contributed by atoms with E-state index in [9.17, 15) is 9.59 Å². The number of amides is 1. The lowest BCUT2D eigenvalue weighted by Gasteiger charge is -2.36. The summed E-state index contributed by atoms with van der Waals surface area (Å²) < 4.78 is 11.1. The van der Waals surface area contributed by atoms with Crippen LogP contribution in [0.2, 0.25) is 0 Å². The average molecular weight is 356 g/mol. The molecule has 1 aromatic carbocycles. The molecule has 112 valence electrons. The molecular formula is C14H14BrNO5. The minimum Gasteiger partial charge on any atom is -0.480 e. The van der Waals surface area contributed by atoms with Gasteiger partial charge in [0.05, 0.1) is 5.56 Å². The highest BCUT2D eigenvalue weighted by molar-refractivity contribution is 9.10. The van der Waals surface area contributed by atoms with Gasteiger partial charge in [0.1, 0.15) is 6.54 Å². The van der Waals surface area contributed by atoms with E-state index in [-0.39, 0.29) is 25.3 Å². The fourth-order valence-corrected chi connectivity index (χ4v) is 2.94. The zero-order valence-electron chi connectivity index (χ0n) is 11.2. The topological polar surface area (TPSA) is 76.1 Å². The number of benzene rings is 1. The van der Waals surface area contributed by atoms with Gasteiger partial charge in [0.15, 0.2) is 11.5 Å². The van der Waals surface area contributed by atoms with Gasteiger partial charge in [-0.15, -0.1) is 0 Å². The van der Waals surface area contributed by atoms with Crippen molar-refractivity contribution in [3.63, 3.8) is 0 Å². The predicted octanol–water partition coefficient (Wildman–Crippen LogP) is 2.26. The second-order valence-corrected chi connectivity index (χ2v) is 5.95. The third-order valence-corrected chi connectivity index (χ3v) is 4.43. The second-order valence-electron chi connectivity index (χ2n) is 5.10. The van der Waals surface area contributed by atoms with Crippen LogP contribution in [0.1, 0.15) is 29.6 Å². The Bertz CT molecular complexity index is 599. The van der Waals surface area contributed by atoms with E-state index >= 15 is 0 Å². The Kier molecular flexibility index (Phi) is 3.75. The molecule has 1 heterocycles. The van der Waals surface area contributed by atoms with E-state index in [4.69, 9.17) is 14.6 Å². The van der Waals surface area contributed by atoms with Crippen molar-refractivity contribution >= 4 is 27.8 Å². The Morgan fingerprint density at radius 2 is 1.95 bits per heavy atom. The van der Waals surface area contributed by atoms with Crippen molar-refractivity contribution in [3.8, 4) is 11.5 Å². The summed E-state index contributed by atoms with van der Waals surface area (Å²) in [4.78, 5) is 25.1. The molecule has 1 aromatic rings. The molecule has 2 aliphatic rings. The number of halogens is 1. The molecule has 0 atom stereocenters. The van der Waals surface area contributed by atoms with Gasteiger partial charge < -0.3 is 19.5 Å². The summed E-state index contributed by atoms with van der Waals surface area (Å²) in [6.07, 6.45) is 2.72. The van der Waals surface area contributed by atoms with E-state index in [1.807, 2.05) is 0 Å². The standard InChI is InChI=1S/C14H14BrNO5/c15-10-5-12-11(20-7-21-12)4-9(10)14(19)16(6-13(17)18)8-2-1-3-8/h4-5,8H,1-3,6-7H2,(H,17,18). The molecule has 0 radical (unpaired) electrons. The van der Waals surface area contributed by atoms with Crippen molar-refractivity contribution in [3.05, 3.63) is 22.2 Å². The molecule has 0 spiro atoms. The number of carbonyl (C=O) groups excluding carboxylic acids is 1. The summed E-state index contributed by atoms with van der Waals surface area (Å²) in [6, 6.07) is 3.28. The van der Waals surface area contributed by atoms with Gasteiger partial charge in [-0.3, -0.25) is 9.59 Å². The first kappa shape index (κ1) is 14.2. The molecule has 0 saturated heterocycles. The number of hydrogen-bond acceptors (Lipinski definition) is 4. The van der Waals surface area contributed by atoms with E-state index in [1.165, 1.54) is 4.90 Å². The normalized spacial score (nSPS) is 16.4. The first-order valence-corrected chi connectivity index (χ1v) is 7.47. The summed E-state index contributed by atoms with van der Waals surface area (Å²) in [5.74, 6) is -0.225. The van der Waals surface area contributed by atoms with Crippen molar-refractivity contribution < 1.29 is 24.2 Å².